The van der Waals surface area contributed by atoms with Crippen molar-refractivity contribution in [3.8, 4) is 0 Å². The van der Waals surface area contributed by atoms with Crippen LogP contribution >= 0.6 is 0 Å². The van der Waals surface area contributed by atoms with E-state index >= 15 is 0 Å². The first-order valence-corrected chi connectivity index (χ1v) is 7.48. The van der Waals surface area contributed by atoms with Crippen molar-refractivity contribution in [2.45, 2.75) is 66.3 Å². The molecule has 20 heavy (non-hydrogen) atoms. The Morgan fingerprint density at radius 3 is 2.45 bits per heavy atom. The highest BCUT2D eigenvalue weighted by molar-refractivity contribution is 5.79. The Bertz CT molecular complexity index is 305. The number of hydrogen-bond acceptors (Lipinski definition) is 4. The van der Waals surface area contributed by atoms with E-state index in [-0.39, 0.29) is 23.5 Å². The number of carbonyl (C=O) groups is 1. The van der Waals surface area contributed by atoms with Gasteiger partial charge in [-0.3, -0.25) is 4.79 Å². The van der Waals surface area contributed by atoms with Crippen LogP contribution in [0.5, 0.6) is 0 Å². The fourth-order valence-electron chi connectivity index (χ4n) is 2.44. The number of hydroxylamine groups is 1. The standard InChI is InChI=1S/C15H29NO4/c1-10(2)13(17)12(15(3,4)5)14(18)16-20-11-8-6-7-9-19-11/h10-13,17H,6-9H2,1-5H3,(H,16,18)/t11?,12-,13-/m1/s1. The number of aliphatic hydroxyl groups excluding tert-OH is 1. The molecular weight excluding hydrogens is 258 g/mol. The number of amides is 1. The Morgan fingerprint density at radius 2 is 2.00 bits per heavy atom. The third-order valence-corrected chi connectivity index (χ3v) is 3.67. The van der Waals surface area contributed by atoms with Crippen LogP contribution in [0.2, 0.25) is 0 Å². The second-order valence-electron chi connectivity index (χ2n) is 6.96. The fourth-order valence-corrected chi connectivity index (χ4v) is 2.44. The van der Waals surface area contributed by atoms with Crippen LogP contribution in [-0.4, -0.2) is 30.0 Å². The number of rotatable bonds is 5. The van der Waals surface area contributed by atoms with Gasteiger partial charge in [0.15, 0.2) is 6.29 Å². The van der Waals surface area contributed by atoms with E-state index in [4.69, 9.17) is 9.57 Å². The minimum atomic E-state index is -0.703. The molecule has 1 aliphatic heterocycles. The number of ether oxygens (including phenoxy) is 1. The molecule has 1 saturated heterocycles. The monoisotopic (exact) mass is 287 g/mol. The van der Waals surface area contributed by atoms with Crippen molar-refractivity contribution in [1.82, 2.24) is 5.48 Å². The van der Waals surface area contributed by atoms with Gasteiger partial charge < -0.3 is 9.84 Å². The Hall–Kier alpha value is -0.650. The molecular formula is C15H29NO4. The quantitative estimate of drug-likeness (QED) is 0.761. The fraction of sp³-hybridized carbons (Fsp3) is 0.933. The minimum Gasteiger partial charge on any atom is -0.392 e. The smallest absolute Gasteiger partial charge is 0.249 e. The average Bonchev–Trinajstić information content (AvgIpc) is 2.36. The van der Waals surface area contributed by atoms with E-state index in [9.17, 15) is 9.90 Å². The first kappa shape index (κ1) is 17.4. The van der Waals surface area contributed by atoms with Crippen molar-refractivity contribution in [3.05, 3.63) is 0 Å². The lowest BCUT2D eigenvalue weighted by molar-refractivity contribution is -0.205. The molecule has 2 N–H and O–H groups in total. The maximum atomic E-state index is 12.3. The third-order valence-electron chi connectivity index (χ3n) is 3.67. The molecule has 0 saturated carbocycles. The molecule has 5 heteroatoms. The normalized spacial score (nSPS) is 23.4. The summed E-state index contributed by atoms with van der Waals surface area (Å²) in [5.41, 5.74) is 2.13. The summed E-state index contributed by atoms with van der Waals surface area (Å²) in [4.78, 5) is 17.6. The van der Waals surface area contributed by atoms with Gasteiger partial charge in [-0.1, -0.05) is 34.6 Å². The van der Waals surface area contributed by atoms with Crippen LogP contribution in [0.4, 0.5) is 0 Å². The van der Waals surface area contributed by atoms with Crippen LogP contribution < -0.4 is 5.48 Å². The van der Waals surface area contributed by atoms with E-state index in [1.165, 1.54) is 0 Å². The number of carbonyl (C=O) groups excluding carboxylic acids is 1. The molecule has 0 aromatic carbocycles. The Kier molecular flexibility index (Phi) is 6.43. The second kappa shape index (κ2) is 7.38. The van der Waals surface area contributed by atoms with Gasteiger partial charge in [0.05, 0.1) is 12.0 Å². The molecule has 3 atom stereocenters. The molecule has 0 spiro atoms. The molecule has 1 aliphatic rings. The number of nitrogens with one attached hydrogen (secondary N) is 1. The van der Waals surface area contributed by atoms with Crippen molar-refractivity contribution in [2.75, 3.05) is 6.61 Å². The van der Waals surface area contributed by atoms with Crippen LogP contribution in [0.15, 0.2) is 0 Å². The van der Waals surface area contributed by atoms with Crippen LogP contribution in [0.25, 0.3) is 0 Å². The van der Waals surface area contributed by atoms with Crippen molar-refractivity contribution >= 4 is 5.91 Å². The molecule has 1 rings (SSSR count). The molecule has 1 unspecified atom stereocenters. The summed E-state index contributed by atoms with van der Waals surface area (Å²) >= 11 is 0. The largest absolute Gasteiger partial charge is 0.392 e. The van der Waals surface area contributed by atoms with Crippen molar-refractivity contribution < 1.29 is 19.5 Å². The minimum absolute atomic E-state index is 0.0101. The lowest BCUT2D eigenvalue weighted by Crippen LogP contribution is -2.47. The van der Waals surface area contributed by atoms with Gasteiger partial charge in [-0.2, -0.15) is 0 Å². The zero-order valence-corrected chi connectivity index (χ0v) is 13.3. The van der Waals surface area contributed by atoms with E-state index in [2.05, 4.69) is 5.48 Å². The van der Waals surface area contributed by atoms with Crippen LogP contribution in [0, 0.1) is 17.3 Å². The third kappa shape index (κ3) is 5.04. The van der Waals surface area contributed by atoms with E-state index < -0.39 is 12.0 Å². The Morgan fingerprint density at radius 1 is 1.35 bits per heavy atom. The van der Waals surface area contributed by atoms with E-state index in [0.29, 0.717) is 6.61 Å². The number of hydrogen-bond donors (Lipinski definition) is 2. The first-order chi connectivity index (χ1) is 9.23. The average molecular weight is 287 g/mol. The lowest BCUT2D eigenvalue weighted by atomic mass is 9.74. The summed E-state index contributed by atoms with van der Waals surface area (Å²) in [6.45, 7) is 10.3. The molecule has 1 amide bonds. The van der Waals surface area contributed by atoms with Gasteiger partial charge in [-0.15, -0.1) is 0 Å². The molecule has 0 aromatic rings. The first-order valence-electron chi connectivity index (χ1n) is 7.48. The summed E-state index contributed by atoms with van der Waals surface area (Å²) in [5, 5.41) is 10.3. The molecule has 0 aromatic heterocycles. The highest BCUT2D eigenvalue weighted by Gasteiger charge is 2.39. The summed E-state index contributed by atoms with van der Waals surface area (Å²) < 4.78 is 5.40. The van der Waals surface area contributed by atoms with Gasteiger partial charge in [0.25, 0.3) is 0 Å². The van der Waals surface area contributed by atoms with Crippen molar-refractivity contribution in [3.63, 3.8) is 0 Å². The molecule has 0 aliphatic carbocycles. The van der Waals surface area contributed by atoms with Crippen LogP contribution in [-0.2, 0) is 14.4 Å². The summed E-state index contributed by atoms with van der Waals surface area (Å²) in [6.07, 6.45) is 1.78. The molecule has 1 heterocycles. The molecule has 5 nitrogen and oxygen atoms in total. The zero-order chi connectivity index (χ0) is 15.3. The maximum Gasteiger partial charge on any atom is 0.249 e. The molecule has 1 fully saturated rings. The van der Waals surface area contributed by atoms with Gasteiger partial charge >= 0.3 is 0 Å². The highest BCUT2D eigenvalue weighted by Crippen LogP contribution is 2.32. The summed E-state index contributed by atoms with van der Waals surface area (Å²) in [7, 11) is 0. The summed E-state index contributed by atoms with van der Waals surface area (Å²) in [5.74, 6) is -0.796. The molecule has 0 radical (unpaired) electrons. The summed E-state index contributed by atoms with van der Waals surface area (Å²) in [6, 6.07) is 0. The van der Waals surface area contributed by atoms with Crippen LogP contribution in [0.3, 0.4) is 0 Å². The Balaban J connectivity index is 2.59. The predicted octanol–water partition coefficient (Wildman–Crippen LogP) is 2.24. The van der Waals surface area contributed by atoms with Gasteiger partial charge in [-0.05, 0) is 24.2 Å². The zero-order valence-electron chi connectivity index (χ0n) is 13.3. The van der Waals surface area contributed by atoms with Gasteiger partial charge in [0.1, 0.15) is 0 Å². The maximum absolute atomic E-state index is 12.3. The highest BCUT2D eigenvalue weighted by atomic mass is 16.8. The Labute approximate surface area is 122 Å². The van der Waals surface area contributed by atoms with E-state index in [0.717, 1.165) is 19.3 Å². The van der Waals surface area contributed by atoms with Gasteiger partial charge in [0.2, 0.25) is 5.91 Å². The van der Waals surface area contributed by atoms with E-state index in [1.54, 1.807) is 0 Å². The number of aliphatic hydroxyl groups is 1. The van der Waals surface area contributed by atoms with Crippen LogP contribution in [0.1, 0.15) is 53.9 Å². The van der Waals surface area contributed by atoms with Crippen molar-refractivity contribution in [1.29, 1.82) is 0 Å². The molecule has 0 bridgehead atoms. The van der Waals surface area contributed by atoms with E-state index in [1.807, 2.05) is 34.6 Å². The van der Waals surface area contributed by atoms with Crippen molar-refractivity contribution in [2.24, 2.45) is 17.3 Å². The molecule has 118 valence electrons. The lowest BCUT2D eigenvalue weighted by Gasteiger charge is -2.35. The topological polar surface area (TPSA) is 67.8 Å². The predicted molar refractivity (Wildman–Crippen MR) is 76.6 cm³/mol. The second-order valence-corrected chi connectivity index (χ2v) is 6.96. The SMILES string of the molecule is CC(C)[C@@H](O)[C@H](C(=O)NOC1CCCCO1)C(C)(C)C. The van der Waals surface area contributed by atoms with Gasteiger partial charge in [-0.25, -0.2) is 10.3 Å². The van der Waals surface area contributed by atoms with Gasteiger partial charge in [0, 0.05) is 13.0 Å².